The van der Waals surface area contributed by atoms with E-state index in [1.807, 2.05) is 42.5 Å². The Morgan fingerprint density at radius 3 is 2.43 bits per heavy atom. The van der Waals surface area contributed by atoms with Crippen LogP contribution < -0.4 is 5.32 Å². The van der Waals surface area contributed by atoms with Crippen LogP contribution in [-0.2, 0) is 16.0 Å². The Hall–Kier alpha value is -2.10. The van der Waals surface area contributed by atoms with Gasteiger partial charge in [0.05, 0.1) is 11.8 Å². The predicted octanol–water partition coefficient (Wildman–Crippen LogP) is 1.87. The summed E-state index contributed by atoms with van der Waals surface area (Å²) in [7, 11) is 0. The van der Waals surface area contributed by atoms with E-state index < -0.39 is 17.8 Å². The van der Waals surface area contributed by atoms with Crippen LogP contribution >= 0.6 is 0 Å². The van der Waals surface area contributed by atoms with E-state index >= 15 is 0 Å². The molecule has 1 aromatic rings. The lowest BCUT2D eigenvalue weighted by Crippen LogP contribution is -2.40. The first-order chi connectivity index (χ1) is 10.2. The molecule has 0 unspecified atom stereocenters. The quantitative estimate of drug-likeness (QED) is 0.812. The number of rotatable bonds is 5. The summed E-state index contributed by atoms with van der Waals surface area (Å²) in [6, 6.07) is 9.94. The third-order valence-corrected chi connectivity index (χ3v) is 4.60. The molecule has 0 heterocycles. The average molecular weight is 285 g/mol. The molecule has 0 saturated heterocycles. The lowest BCUT2D eigenvalue weighted by atomic mass is 9.82. The number of hydrogen-bond donors (Lipinski definition) is 2. The first-order valence-electron chi connectivity index (χ1n) is 7.39. The van der Waals surface area contributed by atoms with Crippen molar-refractivity contribution in [2.45, 2.75) is 12.8 Å². The highest BCUT2D eigenvalue weighted by Crippen LogP contribution is 2.48. The number of fused-ring (bicyclic) bond motifs is 2. The lowest BCUT2D eigenvalue weighted by Gasteiger charge is -2.23. The van der Waals surface area contributed by atoms with Gasteiger partial charge in [-0.1, -0.05) is 42.5 Å². The van der Waals surface area contributed by atoms with Crippen molar-refractivity contribution in [3.05, 3.63) is 48.0 Å². The molecule has 2 aliphatic rings. The molecule has 0 spiro atoms. The molecule has 110 valence electrons. The van der Waals surface area contributed by atoms with E-state index in [9.17, 15) is 14.7 Å². The second kappa shape index (κ2) is 5.72. The van der Waals surface area contributed by atoms with E-state index in [1.54, 1.807) is 0 Å². The van der Waals surface area contributed by atoms with E-state index in [4.69, 9.17) is 0 Å². The number of benzene rings is 1. The second-order valence-electron chi connectivity index (χ2n) is 5.86. The standard InChI is InChI=1S/C17H19NO3/c19-16(18-9-8-11-4-2-1-3-5-11)14-12-6-7-13(10-12)15(14)17(20)21/h1-7,12-15H,8-10H2,(H,18,19)(H,20,21)/t12-,13+,14+,15+/m0/s1. The second-order valence-corrected chi connectivity index (χ2v) is 5.86. The zero-order valence-corrected chi connectivity index (χ0v) is 11.7. The van der Waals surface area contributed by atoms with Gasteiger partial charge >= 0.3 is 5.97 Å². The fraction of sp³-hybridized carbons (Fsp3) is 0.412. The predicted molar refractivity (Wildman–Crippen MR) is 78.5 cm³/mol. The van der Waals surface area contributed by atoms with Crippen LogP contribution in [0.4, 0.5) is 0 Å². The summed E-state index contributed by atoms with van der Waals surface area (Å²) in [4.78, 5) is 23.7. The monoisotopic (exact) mass is 285 g/mol. The summed E-state index contributed by atoms with van der Waals surface area (Å²) in [5, 5.41) is 12.3. The number of hydrogen-bond acceptors (Lipinski definition) is 2. The molecule has 4 nitrogen and oxygen atoms in total. The fourth-order valence-corrected chi connectivity index (χ4v) is 3.61. The highest BCUT2D eigenvalue weighted by atomic mass is 16.4. The smallest absolute Gasteiger partial charge is 0.307 e. The van der Waals surface area contributed by atoms with Gasteiger partial charge in [-0.25, -0.2) is 0 Å². The molecule has 1 amide bonds. The molecule has 1 saturated carbocycles. The molecule has 4 heteroatoms. The normalized spacial score (nSPS) is 29.5. The Kier molecular flexibility index (Phi) is 3.78. The maximum absolute atomic E-state index is 12.3. The van der Waals surface area contributed by atoms with Crippen LogP contribution in [0.2, 0.25) is 0 Å². The Balaban J connectivity index is 1.58. The van der Waals surface area contributed by atoms with Gasteiger partial charge in [0.1, 0.15) is 0 Å². The van der Waals surface area contributed by atoms with Gasteiger partial charge in [0.15, 0.2) is 0 Å². The van der Waals surface area contributed by atoms with Gasteiger partial charge in [0.2, 0.25) is 5.91 Å². The summed E-state index contributed by atoms with van der Waals surface area (Å²) < 4.78 is 0. The number of nitrogens with one attached hydrogen (secondary N) is 1. The largest absolute Gasteiger partial charge is 0.481 e. The first-order valence-corrected chi connectivity index (χ1v) is 7.39. The van der Waals surface area contributed by atoms with Crippen molar-refractivity contribution < 1.29 is 14.7 Å². The van der Waals surface area contributed by atoms with Crippen LogP contribution in [-0.4, -0.2) is 23.5 Å². The van der Waals surface area contributed by atoms with Crippen molar-refractivity contribution in [1.29, 1.82) is 0 Å². The molecule has 21 heavy (non-hydrogen) atoms. The highest BCUT2D eigenvalue weighted by molar-refractivity contribution is 5.86. The summed E-state index contributed by atoms with van der Waals surface area (Å²) in [6.07, 6.45) is 5.53. The highest BCUT2D eigenvalue weighted by Gasteiger charge is 2.51. The van der Waals surface area contributed by atoms with Crippen LogP contribution in [0.15, 0.2) is 42.5 Å². The molecular weight excluding hydrogens is 266 g/mol. The lowest BCUT2D eigenvalue weighted by molar-refractivity contribution is -0.147. The topological polar surface area (TPSA) is 66.4 Å². The summed E-state index contributed by atoms with van der Waals surface area (Å²) in [5.74, 6) is -1.82. The number of carbonyl (C=O) groups is 2. The summed E-state index contributed by atoms with van der Waals surface area (Å²) >= 11 is 0. The van der Waals surface area contributed by atoms with Crippen LogP contribution in [0.3, 0.4) is 0 Å². The molecule has 0 radical (unpaired) electrons. The van der Waals surface area contributed by atoms with E-state index in [1.165, 1.54) is 5.56 Å². The summed E-state index contributed by atoms with van der Waals surface area (Å²) in [6.45, 7) is 0.548. The SMILES string of the molecule is O=C(O)[C@H]1[C@H](C(=O)NCCc2ccccc2)[C@H]2C=C[C@@H]1C2. The number of carbonyl (C=O) groups excluding carboxylic acids is 1. The van der Waals surface area contributed by atoms with Crippen molar-refractivity contribution in [3.63, 3.8) is 0 Å². The molecule has 1 aromatic carbocycles. The number of allylic oxidation sites excluding steroid dienone is 2. The van der Waals surface area contributed by atoms with Gasteiger partial charge in [0.25, 0.3) is 0 Å². The molecule has 0 aromatic heterocycles. The number of carboxylic acids is 1. The third-order valence-electron chi connectivity index (χ3n) is 4.60. The van der Waals surface area contributed by atoms with Crippen molar-refractivity contribution in [2.24, 2.45) is 23.7 Å². The maximum Gasteiger partial charge on any atom is 0.307 e. The van der Waals surface area contributed by atoms with Gasteiger partial charge in [-0.15, -0.1) is 0 Å². The number of carboxylic acid groups (broad SMARTS) is 1. The minimum atomic E-state index is -0.852. The molecule has 2 N–H and O–H groups in total. The van der Waals surface area contributed by atoms with Crippen molar-refractivity contribution >= 4 is 11.9 Å². The van der Waals surface area contributed by atoms with Gasteiger partial charge in [-0.2, -0.15) is 0 Å². The Labute approximate surface area is 123 Å². The molecule has 4 atom stereocenters. The zero-order chi connectivity index (χ0) is 14.8. The average Bonchev–Trinajstić information content (AvgIpc) is 3.08. The van der Waals surface area contributed by atoms with Crippen LogP contribution in [0.25, 0.3) is 0 Å². The summed E-state index contributed by atoms with van der Waals surface area (Å²) in [5.41, 5.74) is 1.17. The van der Waals surface area contributed by atoms with E-state index in [0.29, 0.717) is 6.54 Å². The minimum Gasteiger partial charge on any atom is -0.481 e. The van der Waals surface area contributed by atoms with Crippen molar-refractivity contribution in [3.8, 4) is 0 Å². The first kappa shape index (κ1) is 13.9. The Morgan fingerprint density at radius 2 is 1.76 bits per heavy atom. The fourth-order valence-electron chi connectivity index (χ4n) is 3.61. The molecule has 2 aliphatic carbocycles. The minimum absolute atomic E-state index is 0.0253. The molecule has 0 aliphatic heterocycles. The van der Waals surface area contributed by atoms with Gasteiger partial charge in [-0.05, 0) is 30.2 Å². The zero-order valence-electron chi connectivity index (χ0n) is 11.7. The van der Waals surface area contributed by atoms with E-state index in [2.05, 4.69) is 5.32 Å². The number of amides is 1. The molecule has 3 rings (SSSR count). The Morgan fingerprint density at radius 1 is 1.10 bits per heavy atom. The van der Waals surface area contributed by atoms with Crippen LogP contribution in [0.5, 0.6) is 0 Å². The van der Waals surface area contributed by atoms with Crippen molar-refractivity contribution in [2.75, 3.05) is 6.54 Å². The van der Waals surface area contributed by atoms with Gasteiger partial charge in [-0.3, -0.25) is 9.59 Å². The van der Waals surface area contributed by atoms with Crippen LogP contribution in [0.1, 0.15) is 12.0 Å². The van der Waals surface area contributed by atoms with Crippen molar-refractivity contribution in [1.82, 2.24) is 5.32 Å². The molecule has 2 bridgehead atoms. The van der Waals surface area contributed by atoms with Gasteiger partial charge in [0, 0.05) is 6.54 Å². The van der Waals surface area contributed by atoms with E-state index in [-0.39, 0.29) is 17.7 Å². The number of aliphatic carboxylic acids is 1. The maximum atomic E-state index is 12.3. The third kappa shape index (κ3) is 2.71. The van der Waals surface area contributed by atoms with Crippen LogP contribution in [0, 0.1) is 23.7 Å². The molecular formula is C17H19NO3. The molecule has 1 fully saturated rings. The Bertz CT molecular complexity index is 567. The van der Waals surface area contributed by atoms with E-state index in [0.717, 1.165) is 12.8 Å². The van der Waals surface area contributed by atoms with Gasteiger partial charge < -0.3 is 10.4 Å².